The van der Waals surface area contributed by atoms with Gasteiger partial charge in [0, 0.05) is 27.1 Å². The lowest BCUT2D eigenvalue weighted by atomic mass is 9.96. The Balaban J connectivity index is 2.28. The van der Waals surface area contributed by atoms with Crippen LogP contribution in [-0.2, 0) is 39.9 Å². The van der Waals surface area contributed by atoms with Gasteiger partial charge in [-0.2, -0.15) is 0 Å². The highest BCUT2D eigenvalue weighted by atomic mass is 16.7. The van der Waals surface area contributed by atoms with Crippen molar-refractivity contribution in [3.63, 3.8) is 0 Å². The molecule has 1 N–H and O–H groups in total. The summed E-state index contributed by atoms with van der Waals surface area (Å²) in [4.78, 5) is 23.2. The van der Waals surface area contributed by atoms with E-state index in [1.54, 1.807) is 0 Å². The highest BCUT2D eigenvalue weighted by Gasteiger charge is 2.48. The van der Waals surface area contributed by atoms with Gasteiger partial charge in [0.25, 0.3) is 0 Å². The first-order valence-electron chi connectivity index (χ1n) is 9.90. The van der Waals surface area contributed by atoms with Gasteiger partial charge in [-0.15, -0.1) is 0 Å². The van der Waals surface area contributed by atoms with Gasteiger partial charge in [-0.1, -0.05) is 30.3 Å². The van der Waals surface area contributed by atoms with Gasteiger partial charge >= 0.3 is 5.97 Å². The summed E-state index contributed by atoms with van der Waals surface area (Å²) in [6, 6.07) is 9.13. The van der Waals surface area contributed by atoms with Crippen LogP contribution in [-0.4, -0.2) is 62.3 Å². The minimum atomic E-state index is -0.762. The molecule has 0 aliphatic carbocycles. The summed E-state index contributed by atoms with van der Waals surface area (Å²) in [5, 5.41) is 2.88. The van der Waals surface area contributed by atoms with Crippen LogP contribution >= 0.6 is 0 Å². The van der Waals surface area contributed by atoms with E-state index in [1.807, 2.05) is 44.2 Å². The first-order valence-corrected chi connectivity index (χ1v) is 9.90. The number of hydrogen-bond donors (Lipinski definition) is 1. The number of esters is 1. The van der Waals surface area contributed by atoms with Gasteiger partial charge < -0.3 is 29.0 Å². The third-order valence-corrected chi connectivity index (χ3v) is 4.44. The van der Waals surface area contributed by atoms with E-state index in [0.29, 0.717) is 19.8 Å². The first-order chi connectivity index (χ1) is 14.0. The summed E-state index contributed by atoms with van der Waals surface area (Å²) in [5.74, 6) is -0.646. The van der Waals surface area contributed by atoms with E-state index in [9.17, 15) is 9.59 Å². The number of carbonyl (C=O) groups is 2. The number of rotatable bonds is 10. The molecule has 1 aromatic carbocycles. The van der Waals surface area contributed by atoms with E-state index in [2.05, 4.69) is 5.32 Å². The molecule has 1 aliphatic heterocycles. The molecule has 5 atom stereocenters. The number of carbonyl (C=O) groups excluding carboxylic acids is 2. The second-order valence-corrected chi connectivity index (χ2v) is 6.71. The van der Waals surface area contributed by atoms with Crippen LogP contribution in [0.25, 0.3) is 0 Å². The topological polar surface area (TPSA) is 92.3 Å². The molecule has 1 aliphatic rings. The Morgan fingerprint density at radius 1 is 1.00 bits per heavy atom. The van der Waals surface area contributed by atoms with Crippen molar-refractivity contribution < 1.29 is 33.3 Å². The summed E-state index contributed by atoms with van der Waals surface area (Å²) >= 11 is 0. The molecule has 0 bridgehead atoms. The van der Waals surface area contributed by atoms with E-state index >= 15 is 0 Å². The molecule has 29 heavy (non-hydrogen) atoms. The predicted molar refractivity (Wildman–Crippen MR) is 105 cm³/mol. The maximum atomic E-state index is 11.9. The summed E-state index contributed by atoms with van der Waals surface area (Å²) in [6.45, 7) is 7.57. The van der Waals surface area contributed by atoms with Crippen molar-refractivity contribution in [2.45, 2.75) is 64.9 Å². The van der Waals surface area contributed by atoms with Crippen molar-refractivity contribution in [2.24, 2.45) is 0 Å². The molecule has 8 nitrogen and oxygen atoms in total. The minimum Gasteiger partial charge on any atom is -0.463 e. The molecule has 8 heteroatoms. The van der Waals surface area contributed by atoms with Crippen LogP contribution in [0.1, 0.15) is 33.3 Å². The zero-order chi connectivity index (χ0) is 21.2. The van der Waals surface area contributed by atoms with Gasteiger partial charge in [0.2, 0.25) is 5.91 Å². The number of hydrogen-bond acceptors (Lipinski definition) is 7. The molecule has 162 valence electrons. The molecular weight excluding hydrogens is 378 g/mol. The van der Waals surface area contributed by atoms with E-state index < -0.39 is 36.6 Å². The Morgan fingerprint density at radius 2 is 1.69 bits per heavy atom. The highest BCUT2D eigenvalue weighted by Crippen LogP contribution is 2.28. The van der Waals surface area contributed by atoms with Crippen LogP contribution in [0, 0.1) is 0 Å². The summed E-state index contributed by atoms with van der Waals surface area (Å²) in [7, 11) is 0. The molecule has 1 amide bonds. The van der Waals surface area contributed by atoms with Crippen molar-refractivity contribution in [1.29, 1.82) is 0 Å². The normalized spacial score (nSPS) is 26.7. The Bertz CT molecular complexity index is 639. The average molecular weight is 409 g/mol. The lowest BCUT2D eigenvalue weighted by Gasteiger charge is -2.45. The Morgan fingerprint density at radius 3 is 2.28 bits per heavy atom. The Kier molecular flexibility index (Phi) is 9.53. The van der Waals surface area contributed by atoms with E-state index in [-0.39, 0.29) is 12.5 Å². The van der Waals surface area contributed by atoms with Crippen LogP contribution in [0.4, 0.5) is 0 Å². The standard InChI is InChI=1S/C21H31NO7/c1-5-25-19-17(13-27-15(4)24)29-21(26-6-2)18(22-14(3)23)20(19)28-12-16-10-8-7-9-11-16/h7-11,17-21H,5-6,12-13H2,1-4H3,(H,22,23)/t17-,18+,19-,20-,21+/m1/s1. The Labute approximate surface area is 171 Å². The number of ether oxygens (including phenoxy) is 5. The highest BCUT2D eigenvalue weighted by molar-refractivity contribution is 5.73. The molecule has 2 rings (SSSR count). The maximum absolute atomic E-state index is 11.9. The molecule has 0 spiro atoms. The lowest BCUT2D eigenvalue weighted by Crippen LogP contribution is -2.66. The smallest absolute Gasteiger partial charge is 0.302 e. The summed E-state index contributed by atoms with van der Waals surface area (Å²) in [6.07, 6.45) is -2.48. The van der Waals surface area contributed by atoms with Crippen LogP contribution in [0.2, 0.25) is 0 Å². The van der Waals surface area contributed by atoms with Gasteiger partial charge in [-0.05, 0) is 19.4 Å². The van der Waals surface area contributed by atoms with Crippen molar-refractivity contribution in [1.82, 2.24) is 5.32 Å². The number of amides is 1. The second-order valence-electron chi connectivity index (χ2n) is 6.71. The molecule has 0 aromatic heterocycles. The fraction of sp³-hybridized carbons (Fsp3) is 0.619. The van der Waals surface area contributed by atoms with Crippen LogP contribution in [0.3, 0.4) is 0 Å². The van der Waals surface area contributed by atoms with E-state index in [1.165, 1.54) is 13.8 Å². The largest absolute Gasteiger partial charge is 0.463 e. The zero-order valence-corrected chi connectivity index (χ0v) is 17.5. The van der Waals surface area contributed by atoms with Crippen molar-refractivity contribution in [2.75, 3.05) is 19.8 Å². The quantitative estimate of drug-likeness (QED) is 0.589. The number of nitrogens with one attached hydrogen (secondary N) is 1. The molecule has 0 radical (unpaired) electrons. The summed E-state index contributed by atoms with van der Waals surface area (Å²) < 4.78 is 29.1. The molecular formula is C21H31NO7. The van der Waals surface area contributed by atoms with Gasteiger partial charge in [0.15, 0.2) is 6.29 Å². The van der Waals surface area contributed by atoms with Crippen LogP contribution in [0.15, 0.2) is 30.3 Å². The minimum absolute atomic E-state index is 0.00155. The number of benzene rings is 1. The van der Waals surface area contributed by atoms with Crippen molar-refractivity contribution in [3.05, 3.63) is 35.9 Å². The molecule has 1 fully saturated rings. The predicted octanol–water partition coefficient (Wildman–Crippen LogP) is 1.81. The second kappa shape index (κ2) is 11.9. The first kappa shape index (κ1) is 23.3. The molecule has 1 heterocycles. The summed E-state index contributed by atoms with van der Waals surface area (Å²) in [5.41, 5.74) is 0.986. The van der Waals surface area contributed by atoms with Gasteiger partial charge in [-0.3, -0.25) is 9.59 Å². The zero-order valence-electron chi connectivity index (χ0n) is 17.5. The van der Waals surface area contributed by atoms with Gasteiger partial charge in [0.1, 0.15) is 31.0 Å². The average Bonchev–Trinajstić information content (AvgIpc) is 2.68. The third kappa shape index (κ3) is 7.08. The van der Waals surface area contributed by atoms with Gasteiger partial charge in [-0.25, -0.2) is 0 Å². The Hall–Kier alpha value is -2.00. The van der Waals surface area contributed by atoms with Crippen molar-refractivity contribution >= 4 is 11.9 Å². The fourth-order valence-corrected chi connectivity index (χ4v) is 3.29. The lowest BCUT2D eigenvalue weighted by molar-refractivity contribution is -0.285. The van der Waals surface area contributed by atoms with E-state index in [0.717, 1.165) is 5.56 Å². The molecule has 0 unspecified atom stereocenters. The molecule has 1 saturated heterocycles. The molecule has 0 saturated carbocycles. The van der Waals surface area contributed by atoms with Gasteiger partial charge in [0.05, 0.1) is 6.61 Å². The maximum Gasteiger partial charge on any atom is 0.302 e. The van der Waals surface area contributed by atoms with Crippen molar-refractivity contribution in [3.8, 4) is 0 Å². The third-order valence-electron chi connectivity index (χ3n) is 4.44. The molecule has 1 aromatic rings. The van der Waals surface area contributed by atoms with Crippen LogP contribution in [0.5, 0.6) is 0 Å². The monoisotopic (exact) mass is 409 g/mol. The SMILES string of the molecule is CCO[C@H]1O[C@H](COC(C)=O)[C@@H](OCC)[C@H](OCc2ccccc2)[C@@H]1NC(C)=O. The fourth-order valence-electron chi connectivity index (χ4n) is 3.29. The van der Waals surface area contributed by atoms with E-state index in [4.69, 9.17) is 23.7 Å². The van der Waals surface area contributed by atoms with Crippen LogP contribution < -0.4 is 5.32 Å².